The Bertz CT molecular complexity index is 835. The van der Waals surface area contributed by atoms with Gasteiger partial charge in [0.05, 0.1) is 13.0 Å². The Hall–Kier alpha value is -2.33. The number of hydrogen-bond acceptors (Lipinski definition) is 5. The van der Waals surface area contributed by atoms with E-state index < -0.39 is 27.9 Å². The number of aliphatic carboxylic acids is 1. The van der Waals surface area contributed by atoms with E-state index in [2.05, 4.69) is 5.32 Å². The molecule has 1 atom stereocenters. The highest BCUT2D eigenvalue weighted by molar-refractivity contribution is 7.89. The molecule has 1 aromatic rings. The molecule has 3 rings (SSSR count). The average molecular weight is 397 g/mol. The predicted octanol–water partition coefficient (Wildman–Crippen LogP) is 1.42. The molecular formula is C17H23N3O6S. The Morgan fingerprint density at radius 1 is 1.22 bits per heavy atom. The molecule has 10 heteroatoms. The van der Waals surface area contributed by atoms with E-state index in [0.29, 0.717) is 31.7 Å². The molecule has 2 fully saturated rings. The molecule has 2 N–H and O–H groups in total. The molecule has 0 spiro atoms. The van der Waals surface area contributed by atoms with Crippen molar-refractivity contribution in [3.05, 3.63) is 18.2 Å². The van der Waals surface area contributed by atoms with Crippen molar-refractivity contribution in [2.75, 3.05) is 38.6 Å². The van der Waals surface area contributed by atoms with E-state index in [1.165, 1.54) is 28.4 Å². The first-order valence-corrected chi connectivity index (χ1v) is 10.2. The largest absolute Gasteiger partial charge is 0.495 e. The molecule has 0 bridgehead atoms. The molecule has 0 radical (unpaired) electrons. The fourth-order valence-corrected chi connectivity index (χ4v) is 5.07. The highest BCUT2D eigenvalue weighted by atomic mass is 32.2. The quantitative estimate of drug-likeness (QED) is 0.776. The maximum absolute atomic E-state index is 12.9. The van der Waals surface area contributed by atoms with Gasteiger partial charge in [-0.15, -0.1) is 0 Å². The number of sulfonamides is 1. The van der Waals surface area contributed by atoms with Crippen LogP contribution in [0.25, 0.3) is 0 Å². The van der Waals surface area contributed by atoms with Crippen LogP contribution >= 0.6 is 0 Å². The van der Waals surface area contributed by atoms with Gasteiger partial charge in [-0.3, -0.25) is 4.79 Å². The van der Waals surface area contributed by atoms with Crippen molar-refractivity contribution < 1.29 is 27.9 Å². The first-order valence-electron chi connectivity index (χ1n) is 8.80. The molecule has 2 amide bonds. The minimum absolute atomic E-state index is 0.00883. The summed E-state index contributed by atoms with van der Waals surface area (Å²) in [7, 11) is -2.32. The zero-order chi connectivity index (χ0) is 19.6. The van der Waals surface area contributed by atoms with Crippen LogP contribution < -0.4 is 10.1 Å². The number of benzene rings is 1. The Kier molecular flexibility index (Phi) is 5.56. The molecule has 1 aromatic carbocycles. The van der Waals surface area contributed by atoms with Gasteiger partial charge >= 0.3 is 12.0 Å². The SMILES string of the molecule is COc1ccc(NC(=O)N2CCC(C(=O)O)C2)cc1S(=O)(=O)N1CCCC1. The van der Waals surface area contributed by atoms with Gasteiger partial charge in [0, 0.05) is 31.9 Å². The predicted molar refractivity (Wildman–Crippen MR) is 97.3 cm³/mol. The van der Waals surface area contributed by atoms with E-state index in [1.807, 2.05) is 0 Å². The van der Waals surface area contributed by atoms with Crippen LogP contribution in [0.5, 0.6) is 5.75 Å². The zero-order valence-electron chi connectivity index (χ0n) is 15.1. The Balaban J connectivity index is 1.79. The minimum Gasteiger partial charge on any atom is -0.495 e. The van der Waals surface area contributed by atoms with Crippen molar-refractivity contribution in [2.24, 2.45) is 5.92 Å². The highest BCUT2D eigenvalue weighted by Gasteiger charge is 2.32. The molecule has 27 heavy (non-hydrogen) atoms. The summed E-state index contributed by atoms with van der Waals surface area (Å²) in [5.41, 5.74) is 0.317. The summed E-state index contributed by atoms with van der Waals surface area (Å²) in [6, 6.07) is 4.00. The monoisotopic (exact) mass is 397 g/mol. The molecule has 0 aromatic heterocycles. The average Bonchev–Trinajstić information content (AvgIpc) is 3.33. The molecule has 2 aliphatic rings. The van der Waals surface area contributed by atoms with E-state index in [-0.39, 0.29) is 17.2 Å². The second kappa shape index (κ2) is 7.73. The summed E-state index contributed by atoms with van der Waals surface area (Å²) < 4.78 is 32.4. The van der Waals surface area contributed by atoms with Gasteiger partial charge in [-0.05, 0) is 37.5 Å². The molecule has 1 unspecified atom stereocenters. The van der Waals surface area contributed by atoms with Crippen molar-refractivity contribution in [1.82, 2.24) is 9.21 Å². The molecule has 0 aliphatic carbocycles. The van der Waals surface area contributed by atoms with Gasteiger partial charge in [0.1, 0.15) is 10.6 Å². The van der Waals surface area contributed by atoms with E-state index in [0.717, 1.165) is 12.8 Å². The molecular weight excluding hydrogens is 374 g/mol. The van der Waals surface area contributed by atoms with Gasteiger partial charge in [-0.25, -0.2) is 13.2 Å². The smallest absolute Gasteiger partial charge is 0.321 e. The summed E-state index contributed by atoms with van der Waals surface area (Å²) in [6.07, 6.45) is 2.04. The number of methoxy groups -OCH3 is 1. The first-order chi connectivity index (χ1) is 12.8. The first kappa shape index (κ1) is 19.4. The zero-order valence-corrected chi connectivity index (χ0v) is 15.9. The number of hydrogen-bond donors (Lipinski definition) is 2. The summed E-state index contributed by atoms with van der Waals surface area (Å²) in [5, 5.41) is 11.7. The number of likely N-dealkylation sites (tertiary alicyclic amines) is 1. The Morgan fingerprint density at radius 3 is 2.52 bits per heavy atom. The van der Waals surface area contributed by atoms with Crippen LogP contribution in [0.2, 0.25) is 0 Å². The number of carboxylic acids is 1. The van der Waals surface area contributed by atoms with Crippen LogP contribution in [-0.4, -0.2) is 68.0 Å². The number of carbonyl (C=O) groups is 2. The molecule has 2 aliphatic heterocycles. The second-order valence-electron chi connectivity index (χ2n) is 6.68. The Morgan fingerprint density at radius 2 is 1.93 bits per heavy atom. The molecule has 9 nitrogen and oxygen atoms in total. The van der Waals surface area contributed by atoms with Crippen LogP contribution in [0, 0.1) is 5.92 Å². The van der Waals surface area contributed by atoms with Gasteiger partial charge in [-0.2, -0.15) is 4.31 Å². The fourth-order valence-electron chi connectivity index (χ4n) is 3.37. The number of nitrogens with one attached hydrogen (secondary N) is 1. The van der Waals surface area contributed by atoms with Gasteiger partial charge in [-0.1, -0.05) is 0 Å². The lowest BCUT2D eigenvalue weighted by Crippen LogP contribution is -2.34. The lowest BCUT2D eigenvalue weighted by Gasteiger charge is -2.20. The summed E-state index contributed by atoms with van der Waals surface area (Å²) in [4.78, 5) is 24.8. The van der Waals surface area contributed by atoms with Gasteiger partial charge in [0.15, 0.2) is 0 Å². The van der Waals surface area contributed by atoms with Crippen LogP contribution in [-0.2, 0) is 14.8 Å². The minimum atomic E-state index is -3.71. The topological polar surface area (TPSA) is 116 Å². The lowest BCUT2D eigenvalue weighted by molar-refractivity contribution is -0.141. The highest BCUT2D eigenvalue weighted by Crippen LogP contribution is 2.31. The van der Waals surface area contributed by atoms with E-state index in [1.54, 1.807) is 6.07 Å². The van der Waals surface area contributed by atoms with Crippen molar-refractivity contribution in [3.63, 3.8) is 0 Å². The molecule has 0 saturated carbocycles. The number of amides is 2. The fraction of sp³-hybridized carbons (Fsp3) is 0.529. The third-order valence-corrected chi connectivity index (χ3v) is 6.84. The van der Waals surface area contributed by atoms with E-state index >= 15 is 0 Å². The number of urea groups is 1. The molecule has 148 valence electrons. The number of carbonyl (C=O) groups excluding carboxylic acids is 1. The third-order valence-electron chi connectivity index (χ3n) is 4.92. The third kappa shape index (κ3) is 4.01. The van der Waals surface area contributed by atoms with Crippen LogP contribution in [0.1, 0.15) is 19.3 Å². The number of carboxylic acid groups (broad SMARTS) is 1. The number of ether oxygens (including phenoxy) is 1. The Labute approximate surface area is 157 Å². The summed E-state index contributed by atoms with van der Waals surface area (Å²) in [6.45, 7) is 1.41. The summed E-state index contributed by atoms with van der Waals surface area (Å²) >= 11 is 0. The van der Waals surface area contributed by atoms with Crippen molar-refractivity contribution in [2.45, 2.75) is 24.2 Å². The maximum atomic E-state index is 12.9. The van der Waals surface area contributed by atoms with E-state index in [4.69, 9.17) is 9.84 Å². The van der Waals surface area contributed by atoms with Crippen molar-refractivity contribution in [3.8, 4) is 5.75 Å². The standard InChI is InChI=1S/C17H23N3O6S/c1-26-14-5-4-13(10-15(14)27(24,25)20-7-2-3-8-20)18-17(23)19-9-6-12(11-19)16(21)22/h4-5,10,12H,2-3,6-9,11H2,1H3,(H,18,23)(H,21,22). The maximum Gasteiger partial charge on any atom is 0.321 e. The van der Waals surface area contributed by atoms with Crippen molar-refractivity contribution in [1.29, 1.82) is 0 Å². The number of nitrogens with zero attached hydrogens (tertiary/aromatic N) is 2. The molecule has 2 heterocycles. The normalized spacial score (nSPS) is 20.6. The van der Waals surface area contributed by atoms with E-state index in [9.17, 15) is 18.0 Å². The second-order valence-corrected chi connectivity index (χ2v) is 8.58. The van der Waals surface area contributed by atoms with Crippen LogP contribution in [0.15, 0.2) is 23.1 Å². The molecule has 2 saturated heterocycles. The lowest BCUT2D eigenvalue weighted by atomic mass is 10.1. The summed E-state index contributed by atoms with van der Waals surface area (Å²) in [5.74, 6) is -1.28. The van der Waals surface area contributed by atoms with Gasteiger partial charge < -0.3 is 20.1 Å². The number of anilines is 1. The van der Waals surface area contributed by atoms with Crippen LogP contribution in [0.4, 0.5) is 10.5 Å². The van der Waals surface area contributed by atoms with Gasteiger partial charge in [0.25, 0.3) is 0 Å². The van der Waals surface area contributed by atoms with Crippen molar-refractivity contribution >= 4 is 27.7 Å². The van der Waals surface area contributed by atoms with Crippen LogP contribution in [0.3, 0.4) is 0 Å². The number of rotatable bonds is 5. The van der Waals surface area contributed by atoms with Gasteiger partial charge in [0.2, 0.25) is 10.0 Å².